The van der Waals surface area contributed by atoms with Gasteiger partial charge in [-0.2, -0.15) is 5.10 Å². The third-order valence-electron chi connectivity index (χ3n) is 6.66. The number of hydrogen-bond donors (Lipinski definition) is 2. The highest BCUT2D eigenvalue weighted by Crippen LogP contribution is 2.42. The molecule has 0 saturated carbocycles. The lowest BCUT2D eigenvalue weighted by Crippen LogP contribution is -2.57. The summed E-state index contributed by atoms with van der Waals surface area (Å²) in [7, 11) is 0. The second-order valence-corrected chi connectivity index (χ2v) is 7.77. The Balaban J connectivity index is 1.38. The maximum Gasteiger partial charge on any atom is 0.274 e. The standard InChI is InChI=1S/C19H26N6O/c1-2-25-9-6-15-17(21-12-20-15)19(25)7-10-24(11-8-19)18(26)16-13-4-3-5-14(13)22-23-16/h12H,2-11H2,1H3,(H,20,21)(H,22,23). The van der Waals surface area contributed by atoms with Crippen molar-refractivity contribution in [2.75, 3.05) is 26.2 Å². The summed E-state index contributed by atoms with van der Waals surface area (Å²) >= 11 is 0. The Bertz CT molecular complexity index is 829. The molecule has 26 heavy (non-hydrogen) atoms. The van der Waals surface area contributed by atoms with Gasteiger partial charge in [0.25, 0.3) is 5.91 Å². The zero-order valence-corrected chi connectivity index (χ0v) is 15.3. The minimum atomic E-state index is -0.0212. The lowest BCUT2D eigenvalue weighted by atomic mass is 9.78. The van der Waals surface area contributed by atoms with Gasteiger partial charge in [0.2, 0.25) is 0 Å². The molecule has 5 rings (SSSR count). The van der Waals surface area contributed by atoms with E-state index >= 15 is 0 Å². The van der Waals surface area contributed by atoms with Crippen LogP contribution in [0.15, 0.2) is 6.33 Å². The summed E-state index contributed by atoms with van der Waals surface area (Å²) in [4.78, 5) is 25.6. The van der Waals surface area contributed by atoms with E-state index in [1.165, 1.54) is 11.4 Å². The van der Waals surface area contributed by atoms with E-state index in [2.05, 4.69) is 32.0 Å². The molecular weight excluding hydrogens is 328 g/mol. The van der Waals surface area contributed by atoms with Gasteiger partial charge >= 0.3 is 0 Å². The van der Waals surface area contributed by atoms with Crippen molar-refractivity contribution < 1.29 is 4.79 Å². The number of carbonyl (C=O) groups is 1. The summed E-state index contributed by atoms with van der Waals surface area (Å²) in [5.74, 6) is 0.0976. The molecule has 1 aliphatic carbocycles. The predicted octanol–water partition coefficient (Wildman–Crippen LogP) is 1.63. The molecule has 1 saturated heterocycles. The zero-order valence-electron chi connectivity index (χ0n) is 15.3. The molecule has 0 unspecified atom stereocenters. The van der Waals surface area contributed by atoms with Crippen molar-refractivity contribution in [3.05, 3.63) is 34.7 Å². The van der Waals surface area contributed by atoms with Gasteiger partial charge in [-0.05, 0) is 38.6 Å². The van der Waals surface area contributed by atoms with E-state index < -0.39 is 0 Å². The first-order valence-corrected chi connectivity index (χ1v) is 9.86. The second kappa shape index (κ2) is 5.94. The van der Waals surface area contributed by atoms with Crippen molar-refractivity contribution in [3.8, 4) is 0 Å². The monoisotopic (exact) mass is 354 g/mol. The Morgan fingerprint density at radius 2 is 2.04 bits per heavy atom. The first-order chi connectivity index (χ1) is 12.7. The van der Waals surface area contributed by atoms with Crippen LogP contribution in [0, 0.1) is 0 Å². The number of fused-ring (bicyclic) bond motifs is 3. The fourth-order valence-corrected chi connectivity index (χ4v) is 5.26. The van der Waals surface area contributed by atoms with E-state index in [0.29, 0.717) is 5.69 Å². The van der Waals surface area contributed by atoms with Crippen LogP contribution in [0.3, 0.4) is 0 Å². The maximum atomic E-state index is 13.0. The molecule has 0 bridgehead atoms. The summed E-state index contributed by atoms with van der Waals surface area (Å²) in [6.45, 7) is 5.84. The van der Waals surface area contributed by atoms with Crippen LogP contribution in [0.25, 0.3) is 0 Å². The van der Waals surface area contributed by atoms with Gasteiger partial charge in [0.1, 0.15) is 0 Å². The quantitative estimate of drug-likeness (QED) is 0.859. The predicted molar refractivity (Wildman–Crippen MR) is 97.0 cm³/mol. The number of aryl methyl sites for hydroxylation is 1. The second-order valence-electron chi connectivity index (χ2n) is 7.77. The number of imidazole rings is 1. The SMILES string of the molecule is CCN1CCc2[nH]cnc2C12CCN(C(=O)c1n[nH]c3c1CCC3)CC2. The first kappa shape index (κ1) is 16.1. The van der Waals surface area contributed by atoms with Crippen LogP contribution in [-0.2, 0) is 24.8 Å². The highest BCUT2D eigenvalue weighted by Gasteiger charge is 2.46. The van der Waals surface area contributed by atoms with Crippen molar-refractivity contribution in [1.29, 1.82) is 0 Å². The lowest BCUT2D eigenvalue weighted by molar-refractivity contribution is 0.0100. The number of likely N-dealkylation sites (N-methyl/N-ethyl adjacent to an activating group) is 1. The van der Waals surface area contributed by atoms with Gasteiger partial charge in [0, 0.05) is 43.0 Å². The number of amides is 1. The molecule has 2 aliphatic heterocycles. The molecule has 1 amide bonds. The van der Waals surface area contributed by atoms with Crippen LogP contribution in [-0.4, -0.2) is 62.1 Å². The van der Waals surface area contributed by atoms with Crippen LogP contribution >= 0.6 is 0 Å². The number of aromatic nitrogens is 4. The molecule has 0 aromatic carbocycles. The number of rotatable bonds is 2. The van der Waals surface area contributed by atoms with E-state index in [1.807, 2.05) is 11.2 Å². The number of nitrogens with one attached hydrogen (secondary N) is 2. The number of hydrogen-bond acceptors (Lipinski definition) is 4. The number of carbonyl (C=O) groups excluding carboxylic acids is 1. The molecule has 1 fully saturated rings. The average Bonchev–Trinajstić information content (AvgIpc) is 3.39. The molecule has 138 valence electrons. The Morgan fingerprint density at radius 3 is 2.85 bits per heavy atom. The topological polar surface area (TPSA) is 80.9 Å². The highest BCUT2D eigenvalue weighted by molar-refractivity contribution is 5.94. The molecule has 1 spiro atoms. The van der Waals surface area contributed by atoms with Crippen LogP contribution < -0.4 is 0 Å². The smallest absolute Gasteiger partial charge is 0.274 e. The largest absolute Gasteiger partial charge is 0.348 e. The van der Waals surface area contributed by atoms with Crippen molar-refractivity contribution in [1.82, 2.24) is 30.0 Å². The van der Waals surface area contributed by atoms with Gasteiger partial charge in [-0.3, -0.25) is 14.8 Å². The van der Waals surface area contributed by atoms with Crippen LogP contribution in [0.5, 0.6) is 0 Å². The third-order valence-corrected chi connectivity index (χ3v) is 6.66. The molecule has 7 nitrogen and oxygen atoms in total. The summed E-state index contributed by atoms with van der Waals surface area (Å²) < 4.78 is 0. The van der Waals surface area contributed by atoms with Gasteiger partial charge in [0.15, 0.2) is 5.69 Å². The first-order valence-electron chi connectivity index (χ1n) is 9.86. The lowest BCUT2D eigenvalue weighted by Gasteiger charge is -2.50. The molecule has 2 N–H and O–H groups in total. The van der Waals surface area contributed by atoms with Gasteiger partial charge in [-0.1, -0.05) is 6.92 Å². The Morgan fingerprint density at radius 1 is 1.19 bits per heavy atom. The minimum absolute atomic E-state index is 0.0212. The van der Waals surface area contributed by atoms with E-state index in [1.54, 1.807) is 0 Å². The summed E-state index contributed by atoms with van der Waals surface area (Å²) in [5.41, 5.74) is 5.43. The Labute approximate surface area is 153 Å². The number of aromatic amines is 2. The van der Waals surface area contributed by atoms with Crippen molar-refractivity contribution >= 4 is 5.91 Å². The molecule has 2 aromatic heterocycles. The normalized spacial score (nSPS) is 21.8. The highest BCUT2D eigenvalue weighted by atomic mass is 16.2. The fraction of sp³-hybridized carbons (Fsp3) is 0.632. The number of likely N-dealkylation sites (tertiary alicyclic amines) is 1. The van der Waals surface area contributed by atoms with E-state index in [0.717, 1.165) is 76.0 Å². The number of piperidine rings is 1. The summed E-state index contributed by atoms with van der Waals surface area (Å²) in [5, 5.41) is 7.40. The summed E-state index contributed by atoms with van der Waals surface area (Å²) in [6, 6.07) is 0. The van der Waals surface area contributed by atoms with Gasteiger partial charge in [-0.25, -0.2) is 4.98 Å². The van der Waals surface area contributed by atoms with Crippen LogP contribution in [0.4, 0.5) is 0 Å². The van der Waals surface area contributed by atoms with Crippen molar-refractivity contribution in [3.63, 3.8) is 0 Å². The molecule has 4 heterocycles. The Kier molecular flexibility index (Phi) is 3.67. The molecule has 0 atom stereocenters. The van der Waals surface area contributed by atoms with E-state index in [9.17, 15) is 4.79 Å². The average molecular weight is 354 g/mol. The molecule has 3 aliphatic rings. The zero-order chi connectivity index (χ0) is 17.7. The van der Waals surface area contributed by atoms with Crippen molar-refractivity contribution in [2.45, 2.75) is 51.0 Å². The number of nitrogens with zero attached hydrogens (tertiary/aromatic N) is 4. The number of H-pyrrole nitrogens is 2. The van der Waals surface area contributed by atoms with E-state index in [-0.39, 0.29) is 11.4 Å². The van der Waals surface area contributed by atoms with Crippen LogP contribution in [0.2, 0.25) is 0 Å². The molecule has 7 heteroatoms. The third kappa shape index (κ3) is 2.19. The fourth-order valence-electron chi connectivity index (χ4n) is 5.26. The van der Waals surface area contributed by atoms with Gasteiger partial charge in [0.05, 0.1) is 17.6 Å². The van der Waals surface area contributed by atoms with E-state index in [4.69, 9.17) is 0 Å². The summed E-state index contributed by atoms with van der Waals surface area (Å²) in [6.07, 6.45) is 7.87. The van der Waals surface area contributed by atoms with Gasteiger partial charge < -0.3 is 9.88 Å². The maximum absolute atomic E-state index is 13.0. The van der Waals surface area contributed by atoms with Crippen molar-refractivity contribution in [2.24, 2.45) is 0 Å². The molecule has 0 radical (unpaired) electrons. The molecular formula is C19H26N6O. The van der Waals surface area contributed by atoms with Crippen LogP contribution in [0.1, 0.15) is 59.3 Å². The molecule has 2 aromatic rings. The minimum Gasteiger partial charge on any atom is -0.348 e. The van der Waals surface area contributed by atoms with Gasteiger partial charge in [-0.15, -0.1) is 0 Å². The Hall–Kier alpha value is -2.15.